The van der Waals surface area contributed by atoms with E-state index in [1.807, 2.05) is 11.9 Å². The molecule has 0 saturated heterocycles. The number of rotatable bonds is 7. The van der Waals surface area contributed by atoms with Gasteiger partial charge in [0.2, 0.25) is 5.89 Å². The molecule has 0 aliphatic rings. The summed E-state index contributed by atoms with van der Waals surface area (Å²) in [5.74, 6) is 2.10. The van der Waals surface area contributed by atoms with E-state index in [0.29, 0.717) is 17.9 Å². The summed E-state index contributed by atoms with van der Waals surface area (Å²) in [6, 6.07) is 0.329. The molecule has 1 N–H and O–H groups in total. The maximum Gasteiger partial charge on any atom is 0.265 e. The van der Waals surface area contributed by atoms with Crippen molar-refractivity contribution in [3.05, 3.63) is 5.89 Å². The number of nitrogens with one attached hydrogen (secondary N) is 1. The van der Waals surface area contributed by atoms with Crippen molar-refractivity contribution < 1.29 is 4.52 Å². The minimum Gasteiger partial charge on any atom is -0.342 e. The molecule has 1 heterocycles. The van der Waals surface area contributed by atoms with E-state index in [4.69, 9.17) is 4.52 Å². The molecule has 1 rings (SSSR count). The van der Waals surface area contributed by atoms with Gasteiger partial charge in [-0.25, -0.2) is 0 Å². The van der Waals surface area contributed by atoms with E-state index >= 15 is 0 Å². The molecule has 0 fully saturated rings. The van der Waals surface area contributed by atoms with Gasteiger partial charge in [0.05, 0.1) is 5.92 Å². The lowest BCUT2D eigenvalue weighted by Crippen LogP contribution is -2.34. The lowest BCUT2D eigenvalue weighted by Gasteiger charge is -2.24. The molecule has 104 valence electrons. The minimum absolute atomic E-state index is 0.247. The van der Waals surface area contributed by atoms with Crippen LogP contribution in [0.3, 0.4) is 0 Å². The van der Waals surface area contributed by atoms with Crippen LogP contribution in [0, 0.1) is 5.92 Å². The van der Waals surface area contributed by atoms with Crippen molar-refractivity contribution in [2.75, 3.05) is 25.0 Å². The maximum absolute atomic E-state index is 5.44. The van der Waals surface area contributed by atoms with Crippen LogP contribution in [-0.4, -0.2) is 36.3 Å². The van der Waals surface area contributed by atoms with Crippen LogP contribution in [0.25, 0.3) is 0 Å². The summed E-state index contributed by atoms with van der Waals surface area (Å²) >= 11 is 0. The van der Waals surface area contributed by atoms with Gasteiger partial charge in [-0.3, -0.25) is 0 Å². The second-order valence-electron chi connectivity index (χ2n) is 5.06. The SMILES string of the molecule is CCNC(C)C(c1nc(N(C)CC)no1)C(C)C. The van der Waals surface area contributed by atoms with Gasteiger partial charge in [0.1, 0.15) is 0 Å². The third-order valence-electron chi connectivity index (χ3n) is 3.31. The first-order valence-electron chi connectivity index (χ1n) is 6.79. The van der Waals surface area contributed by atoms with Gasteiger partial charge in [0.25, 0.3) is 5.95 Å². The summed E-state index contributed by atoms with van der Waals surface area (Å²) in [5.41, 5.74) is 0. The van der Waals surface area contributed by atoms with E-state index in [2.05, 4.69) is 50.1 Å². The largest absolute Gasteiger partial charge is 0.342 e. The monoisotopic (exact) mass is 254 g/mol. The fraction of sp³-hybridized carbons (Fsp3) is 0.846. The van der Waals surface area contributed by atoms with E-state index in [0.717, 1.165) is 19.0 Å². The Kier molecular flexibility index (Phi) is 5.59. The molecule has 0 spiro atoms. The lowest BCUT2D eigenvalue weighted by molar-refractivity contribution is 0.281. The standard InChI is InChI=1S/C13H26N4O/c1-7-14-10(5)11(9(3)4)12-15-13(16-18-12)17(6)8-2/h9-11,14H,7-8H2,1-6H3. The zero-order valence-corrected chi connectivity index (χ0v) is 12.4. The molecule has 0 bridgehead atoms. The Labute approximate surface area is 110 Å². The molecule has 5 nitrogen and oxygen atoms in total. The minimum atomic E-state index is 0.247. The topological polar surface area (TPSA) is 54.2 Å². The average Bonchev–Trinajstić information content (AvgIpc) is 2.77. The van der Waals surface area contributed by atoms with Crippen LogP contribution in [0.1, 0.15) is 46.4 Å². The Morgan fingerprint density at radius 1 is 1.28 bits per heavy atom. The van der Waals surface area contributed by atoms with Gasteiger partial charge in [-0.1, -0.05) is 20.8 Å². The molecule has 0 radical (unpaired) electrons. The van der Waals surface area contributed by atoms with Crippen LogP contribution in [-0.2, 0) is 0 Å². The van der Waals surface area contributed by atoms with Crippen LogP contribution in [0.5, 0.6) is 0 Å². The second-order valence-corrected chi connectivity index (χ2v) is 5.06. The van der Waals surface area contributed by atoms with Crippen LogP contribution >= 0.6 is 0 Å². The lowest BCUT2D eigenvalue weighted by atomic mass is 9.89. The number of anilines is 1. The number of likely N-dealkylation sites (N-methyl/N-ethyl adjacent to an activating group) is 1. The maximum atomic E-state index is 5.44. The number of hydrogen-bond acceptors (Lipinski definition) is 5. The van der Waals surface area contributed by atoms with Crippen molar-refractivity contribution in [3.63, 3.8) is 0 Å². The summed E-state index contributed by atoms with van der Waals surface area (Å²) in [4.78, 5) is 6.49. The molecule has 0 saturated carbocycles. The van der Waals surface area contributed by atoms with Gasteiger partial charge < -0.3 is 14.7 Å². The van der Waals surface area contributed by atoms with Crippen molar-refractivity contribution in [2.45, 2.75) is 46.6 Å². The molecule has 0 aliphatic carbocycles. The normalized spacial score (nSPS) is 14.8. The van der Waals surface area contributed by atoms with Gasteiger partial charge >= 0.3 is 0 Å². The van der Waals surface area contributed by atoms with Crippen LogP contribution in [0.15, 0.2) is 4.52 Å². The highest BCUT2D eigenvalue weighted by Crippen LogP contribution is 2.27. The Hall–Kier alpha value is -1.10. The molecule has 0 amide bonds. The van der Waals surface area contributed by atoms with Crippen molar-refractivity contribution in [3.8, 4) is 0 Å². The summed E-state index contributed by atoms with van der Waals surface area (Å²) in [7, 11) is 1.97. The zero-order valence-electron chi connectivity index (χ0n) is 12.4. The Balaban J connectivity index is 2.89. The smallest absolute Gasteiger partial charge is 0.265 e. The molecule has 1 aromatic rings. The Morgan fingerprint density at radius 2 is 1.94 bits per heavy atom. The van der Waals surface area contributed by atoms with E-state index in [-0.39, 0.29) is 5.92 Å². The molecular weight excluding hydrogens is 228 g/mol. The first-order valence-corrected chi connectivity index (χ1v) is 6.79. The van der Waals surface area contributed by atoms with E-state index < -0.39 is 0 Å². The van der Waals surface area contributed by atoms with Gasteiger partial charge in [0, 0.05) is 19.6 Å². The van der Waals surface area contributed by atoms with E-state index in [1.54, 1.807) is 0 Å². The van der Waals surface area contributed by atoms with Gasteiger partial charge in [-0.15, -0.1) is 0 Å². The highest BCUT2D eigenvalue weighted by molar-refractivity contribution is 5.26. The first-order chi connectivity index (χ1) is 8.51. The third kappa shape index (κ3) is 3.45. The van der Waals surface area contributed by atoms with E-state index in [1.165, 1.54) is 0 Å². The summed E-state index contributed by atoms with van der Waals surface area (Å²) in [6.07, 6.45) is 0. The van der Waals surface area contributed by atoms with Crippen molar-refractivity contribution in [1.82, 2.24) is 15.5 Å². The Bertz CT molecular complexity index is 351. The molecular formula is C13H26N4O. The van der Waals surface area contributed by atoms with E-state index in [9.17, 15) is 0 Å². The predicted molar refractivity (Wildman–Crippen MR) is 74.0 cm³/mol. The highest BCUT2D eigenvalue weighted by Gasteiger charge is 2.28. The molecule has 2 unspecified atom stereocenters. The number of aromatic nitrogens is 2. The zero-order chi connectivity index (χ0) is 13.7. The van der Waals surface area contributed by atoms with Crippen molar-refractivity contribution >= 4 is 5.95 Å². The number of hydrogen-bond donors (Lipinski definition) is 1. The quantitative estimate of drug-likeness (QED) is 0.809. The molecule has 1 aromatic heterocycles. The van der Waals surface area contributed by atoms with Crippen LogP contribution in [0.2, 0.25) is 0 Å². The third-order valence-corrected chi connectivity index (χ3v) is 3.31. The summed E-state index contributed by atoms with van der Waals surface area (Å²) in [6.45, 7) is 12.5. The van der Waals surface area contributed by atoms with Crippen molar-refractivity contribution in [2.24, 2.45) is 5.92 Å². The van der Waals surface area contributed by atoms with Gasteiger partial charge in [-0.05, 0) is 31.5 Å². The fourth-order valence-electron chi connectivity index (χ4n) is 2.18. The highest BCUT2D eigenvalue weighted by atomic mass is 16.5. The second kappa shape index (κ2) is 6.73. The first kappa shape index (κ1) is 15.0. The summed E-state index contributed by atoms with van der Waals surface area (Å²) < 4.78 is 5.44. The van der Waals surface area contributed by atoms with Crippen LogP contribution < -0.4 is 10.2 Å². The average molecular weight is 254 g/mol. The van der Waals surface area contributed by atoms with Gasteiger partial charge in [0.15, 0.2) is 0 Å². The molecule has 2 atom stereocenters. The summed E-state index contributed by atoms with van der Waals surface area (Å²) in [5, 5.41) is 7.48. The Morgan fingerprint density at radius 3 is 2.44 bits per heavy atom. The molecule has 0 aromatic carbocycles. The molecule has 0 aliphatic heterocycles. The predicted octanol–water partition coefficient (Wildman–Crippen LogP) is 2.26. The number of nitrogens with zero attached hydrogens (tertiary/aromatic N) is 3. The van der Waals surface area contributed by atoms with Gasteiger partial charge in [-0.2, -0.15) is 4.98 Å². The molecule has 5 heteroatoms. The van der Waals surface area contributed by atoms with Crippen molar-refractivity contribution in [1.29, 1.82) is 0 Å². The fourth-order valence-corrected chi connectivity index (χ4v) is 2.18. The van der Waals surface area contributed by atoms with Crippen LogP contribution in [0.4, 0.5) is 5.95 Å². The molecule has 18 heavy (non-hydrogen) atoms.